The molecule has 3 aromatic rings. The fourth-order valence-electron chi connectivity index (χ4n) is 2.19. The number of nitrogens with zero attached hydrogens (tertiary/aromatic N) is 2. The van der Waals surface area contributed by atoms with E-state index in [4.69, 9.17) is 16.7 Å². The summed E-state index contributed by atoms with van der Waals surface area (Å²) in [7, 11) is 0. The van der Waals surface area contributed by atoms with E-state index < -0.39 is 5.97 Å². The van der Waals surface area contributed by atoms with Crippen LogP contribution in [0.5, 0.6) is 0 Å². The number of carboxylic acids is 1. The molecule has 5 heteroatoms. The Hall–Kier alpha value is -2.33. The van der Waals surface area contributed by atoms with Gasteiger partial charge in [0, 0.05) is 5.02 Å². The Kier molecular flexibility index (Phi) is 2.95. The van der Waals surface area contributed by atoms with E-state index in [-0.39, 0.29) is 5.56 Å². The lowest BCUT2D eigenvalue weighted by Gasteiger charge is -2.09. The molecular weight excluding hydrogens is 276 g/mol. The van der Waals surface area contributed by atoms with Gasteiger partial charge in [-0.25, -0.2) is 9.78 Å². The van der Waals surface area contributed by atoms with Crippen LogP contribution in [0.25, 0.3) is 16.7 Å². The fraction of sp³-hybridized carbons (Fsp3) is 0.0667. The molecule has 0 spiro atoms. The van der Waals surface area contributed by atoms with E-state index in [1.54, 1.807) is 24.5 Å². The number of imidazole rings is 1. The lowest BCUT2D eigenvalue weighted by molar-refractivity contribution is 0.0697. The lowest BCUT2D eigenvalue weighted by atomic mass is 10.1. The average Bonchev–Trinajstić information content (AvgIpc) is 2.84. The molecule has 1 aromatic heterocycles. The second kappa shape index (κ2) is 4.65. The van der Waals surface area contributed by atoms with Crippen molar-refractivity contribution >= 4 is 28.6 Å². The van der Waals surface area contributed by atoms with Crippen LogP contribution in [0.15, 0.2) is 42.7 Å². The molecule has 0 atom stereocenters. The number of rotatable bonds is 2. The number of aromatic nitrogens is 2. The first-order valence-corrected chi connectivity index (χ1v) is 6.41. The largest absolute Gasteiger partial charge is 0.478 e. The summed E-state index contributed by atoms with van der Waals surface area (Å²) in [6.07, 6.45) is 1.68. The minimum Gasteiger partial charge on any atom is -0.478 e. The Morgan fingerprint density at radius 1 is 1.30 bits per heavy atom. The predicted molar refractivity (Wildman–Crippen MR) is 77.8 cm³/mol. The summed E-state index contributed by atoms with van der Waals surface area (Å²) in [6.45, 7) is 1.92. The van der Waals surface area contributed by atoms with E-state index in [1.165, 1.54) is 0 Å². The van der Waals surface area contributed by atoms with E-state index in [0.717, 1.165) is 22.3 Å². The number of carboxylic acid groups (broad SMARTS) is 1. The van der Waals surface area contributed by atoms with Gasteiger partial charge < -0.3 is 5.11 Å². The van der Waals surface area contributed by atoms with Crippen LogP contribution in [-0.2, 0) is 0 Å². The van der Waals surface area contributed by atoms with Crippen LogP contribution in [0.3, 0.4) is 0 Å². The molecule has 1 heterocycles. The van der Waals surface area contributed by atoms with Gasteiger partial charge in [0.15, 0.2) is 0 Å². The van der Waals surface area contributed by atoms with Gasteiger partial charge in [0.25, 0.3) is 0 Å². The van der Waals surface area contributed by atoms with Crippen molar-refractivity contribution in [3.63, 3.8) is 0 Å². The molecule has 2 aromatic carbocycles. The molecule has 0 fully saturated rings. The summed E-state index contributed by atoms with van der Waals surface area (Å²) < 4.78 is 1.85. The SMILES string of the molecule is Cc1c(Cl)cccc1-n1cnc2ccc(C(=O)O)cc21. The Labute approximate surface area is 120 Å². The zero-order valence-electron chi connectivity index (χ0n) is 10.7. The van der Waals surface area contributed by atoms with Crippen LogP contribution < -0.4 is 0 Å². The second-order valence-corrected chi connectivity index (χ2v) is 4.91. The van der Waals surface area contributed by atoms with Gasteiger partial charge in [-0.2, -0.15) is 0 Å². The van der Waals surface area contributed by atoms with Gasteiger partial charge in [0.1, 0.15) is 6.33 Å². The van der Waals surface area contributed by atoms with E-state index in [1.807, 2.05) is 29.7 Å². The zero-order valence-corrected chi connectivity index (χ0v) is 11.4. The average molecular weight is 287 g/mol. The zero-order chi connectivity index (χ0) is 14.3. The highest BCUT2D eigenvalue weighted by atomic mass is 35.5. The summed E-state index contributed by atoms with van der Waals surface area (Å²) in [5.74, 6) is -0.956. The number of hydrogen-bond donors (Lipinski definition) is 1. The first-order chi connectivity index (χ1) is 9.58. The van der Waals surface area contributed by atoms with Crippen molar-refractivity contribution < 1.29 is 9.90 Å². The second-order valence-electron chi connectivity index (χ2n) is 4.51. The van der Waals surface area contributed by atoms with Crippen molar-refractivity contribution in [2.24, 2.45) is 0 Å². The highest BCUT2D eigenvalue weighted by Gasteiger charge is 2.11. The van der Waals surface area contributed by atoms with E-state index >= 15 is 0 Å². The van der Waals surface area contributed by atoms with E-state index in [0.29, 0.717) is 5.02 Å². The molecule has 0 aliphatic carbocycles. The summed E-state index contributed by atoms with van der Waals surface area (Å²) >= 11 is 6.14. The van der Waals surface area contributed by atoms with Crippen LogP contribution in [0.2, 0.25) is 5.02 Å². The minimum absolute atomic E-state index is 0.235. The first kappa shape index (κ1) is 12.7. The molecular formula is C15H11ClN2O2. The van der Waals surface area contributed by atoms with Gasteiger partial charge in [-0.3, -0.25) is 4.57 Å². The molecule has 4 nitrogen and oxygen atoms in total. The predicted octanol–water partition coefficient (Wildman–Crippen LogP) is 3.69. The van der Waals surface area contributed by atoms with Gasteiger partial charge in [0.05, 0.1) is 22.3 Å². The Balaban J connectivity index is 2.28. The molecule has 3 rings (SSSR count). The first-order valence-electron chi connectivity index (χ1n) is 6.04. The fourth-order valence-corrected chi connectivity index (χ4v) is 2.36. The number of benzene rings is 2. The molecule has 20 heavy (non-hydrogen) atoms. The van der Waals surface area contributed by atoms with Crippen molar-refractivity contribution in [3.8, 4) is 5.69 Å². The van der Waals surface area contributed by atoms with Crippen molar-refractivity contribution in [1.82, 2.24) is 9.55 Å². The quantitative estimate of drug-likeness (QED) is 0.782. The molecule has 0 saturated carbocycles. The van der Waals surface area contributed by atoms with Gasteiger partial charge in [-0.1, -0.05) is 17.7 Å². The highest BCUT2D eigenvalue weighted by molar-refractivity contribution is 6.31. The molecule has 0 bridgehead atoms. The molecule has 0 saturated heterocycles. The third-order valence-corrected chi connectivity index (χ3v) is 3.70. The number of hydrogen-bond acceptors (Lipinski definition) is 2. The third-order valence-electron chi connectivity index (χ3n) is 3.29. The summed E-state index contributed by atoms with van der Waals surface area (Å²) in [5.41, 5.74) is 3.54. The van der Waals surface area contributed by atoms with Crippen LogP contribution in [0.1, 0.15) is 15.9 Å². The normalized spacial score (nSPS) is 10.9. The number of fused-ring (bicyclic) bond motifs is 1. The van der Waals surface area contributed by atoms with Crippen LogP contribution in [0.4, 0.5) is 0 Å². The molecule has 0 aliphatic heterocycles. The van der Waals surface area contributed by atoms with Crippen molar-refractivity contribution in [1.29, 1.82) is 0 Å². The standard InChI is InChI=1S/C15H11ClN2O2/c1-9-11(16)3-2-4-13(9)18-8-17-12-6-5-10(15(19)20)7-14(12)18/h2-8H,1H3,(H,19,20). The Morgan fingerprint density at radius 2 is 2.10 bits per heavy atom. The van der Waals surface area contributed by atoms with E-state index in [2.05, 4.69) is 4.98 Å². The van der Waals surface area contributed by atoms with Gasteiger partial charge in [-0.05, 0) is 42.8 Å². The van der Waals surface area contributed by atoms with Crippen LogP contribution >= 0.6 is 11.6 Å². The van der Waals surface area contributed by atoms with Gasteiger partial charge in [0.2, 0.25) is 0 Å². The molecule has 0 unspecified atom stereocenters. The lowest BCUT2D eigenvalue weighted by Crippen LogP contribution is -1.99. The molecule has 0 amide bonds. The topological polar surface area (TPSA) is 55.1 Å². The Bertz CT molecular complexity index is 824. The molecule has 0 radical (unpaired) electrons. The maximum Gasteiger partial charge on any atom is 0.335 e. The molecule has 100 valence electrons. The smallest absolute Gasteiger partial charge is 0.335 e. The third kappa shape index (κ3) is 1.94. The minimum atomic E-state index is -0.956. The van der Waals surface area contributed by atoms with Crippen LogP contribution in [0, 0.1) is 6.92 Å². The highest BCUT2D eigenvalue weighted by Crippen LogP contribution is 2.26. The summed E-state index contributed by atoms with van der Waals surface area (Å²) in [4.78, 5) is 15.4. The van der Waals surface area contributed by atoms with Crippen molar-refractivity contribution in [2.45, 2.75) is 6.92 Å². The van der Waals surface area contributed by atoms with Crippen LogP contribution in [-0.4, -0.2) is 20.6 Å². The van der Waals surface area contributed by atoms with E-state index in [9.17, 15) is 4.79 Å². The molecule has 0 aliphatic rings. The Morgan fingerprint density at radius 3 is 2.85 bits per heavy atom. The summed E-state index contributed by atoms with van der Waals surface area (Å²) in [6, 6.07) is 10.5. The maximum absolute atomic E-state index is 11.1. The van der Waals surface area contributed by atoms with Crippen molar-refractivity contribution in [3.05, 3.63) is 58.9 Å². The number of carbonyl (C=O) groups is 1. The van der Waals surface area contributed by atoms with Gasteiger partial charge >= 0.3 is 5.97 Å². The maximum atomic E-state index is 11.1. The molecule has 1 N–H and O–H groups in total. The monoisotopic (exact) mass is 286 g/mol. The number of aromatic carboxylic acids is 1. The van der Waals surface area contributed by atoms with Crippen molar-refractivity contribution in [2.75, 3.05) is 0 Å². The van der Waals surface area contributed by atoms with Gasteiger partial charge in [-0.15, -0.1) is 0 Å². The summed E-state index contributed by atoms with van der Waals surface area (Å²) in [5, 5.41) is 9.76. The number of halogens is 1.